The predicted octanol–water partition coefficient (Wildman–Crippen LogP) is 3.30. The third-order valence-corrected chi connectivity index (χ3v) is 3.54. The molecule has 17 heavy (non-hydrogen) atoms. The average molecular weight is 241 g/mol. The van der Waals surface area contributed by atoms with E-state index in [-0.39, 0.29) is 0 Å². The van der Waals surface area contributed by atoms with Gasteiger partial charge in [0.1, 0.15) is 0 Å². The summed E-state index contributed by atoms with van der Waals surface area (Å²) < 4.78 is 0. The van der Waals surface area contributed by atoms with Crippen LogP contribution in [0.2, 0.25) is 0 Å². The van der Waals surface area contributed by atoms with Crippen molar-refractivity contribution < 1.29 is 0 Å². The van der Waals surface area contributed by atoms with E-state index in [9.17, 15) is 0 Å². The van der Waals surface area contributed by atoms with E-state index < -0.39 is 0 Å². The monoisotopic (exact) mass is 241 g/mol. The highest BCUT2D eigenvalue weighted by atomic mass is 32.2. The van der Waals surface area contributed by atoms with Crippen molar-refractivity contribution in [2.45, 2.75) is 9.79 Å². The molecule has 0 unspecified atom stereocenters. The highest BCUT2D eigenvalue weighted by Gasteiger charge is 2.04. The molecule has 0 saturated carbocycles. The SMILES string of the molecule is Nc1n[nH]c2ccc(Sc3ccccc3)cc12. The molecule has 3 N–H and O–H groups in total. The first-order valence-corrected chi connectivity index (χ1v) is 6.11. The lowest BCUT2D eigenvalue weighted by molar-refractivity contribution is 1.13. The smallest absolute Gasteiger partial charge is 0.153 e. The fourth-order valence-corrected chi connectivity index (χ4v) is 2.58. The highest BCUT2D eigenvalue weighted by Crippen LogP contribution is 2.30. The molecule has 0 saturated heterocycles. The van der Waals surface area contributed by atoms with Crippen molar-refractivity contribution in [2.75, 3.05) is 5.73 Å². The molecule has 0 bridgehead atoms. The molecule has 0 atom stereocenters. The van der Waals surface area contributed by atoms with Crippen LogP contribution in [0.3, 0.4) is 0 Å². The first kappa shape index (κ1) is 10.2. The molecule has 1 heterocycles. The van der Waals surface area contributed by atoms with Crippen LogP contribution in [-0.4, -0.2) is 10.2 Å². The van der Waals surface area contributed by atoms with Crippen molar-refractivity contribution in [3.8, 4) is 0 Å². The van der Waals surface area contributed by atoms with Gasteiger partial charge < -0.3 is 5.73 Å². The van der Waals surface area contributed by atoms with E-state index in [1.165, 1.54) is 4.90 Å². The molecule has 0 aliphatic carbocycles. The summed E-state index contributed by atoms with van der Waals surface area (Å²) in [6.07, 6.45) is 0. The number of hydrogen-bond donors (Lipinski definition) is 2. The number of aromatic nitrogens is 2. The first-order chi connectivity index (χ1) is 8.33. The van der Waals surface area contributed by atoms with Crippen molar-refractivity contribution in [3.05, 3.63) is 48.5 Å². The topological polar surface area (TPSA) is 54.7 Å². The van der Waals surface area contributed by atoms with Gasteiger partial charge >= 0.3 is 0 Å². The largest absolute Gasteiger partial charge is 0.382 e. The third kappa shape index (κ3) is 1.99. The molecule has 0 spiro atoms. The number of anilines is 1. The van der Waals surface area contributed by atoms with Crippen molar-refractivity contribution in [2.24, 2.45) is 0 Å². The van der Waals surface area contributed by atoms with Crippen LogP contribution in [0.1, 0.15) is 0 Å². The van der Waals surface area contributed by atoms with Gasteiger partial charge in [-0.05, 0) is 30.3 Å². The fourth-order valence-electron chi connectivity index (χ4n) is 1.70. The molecule has 4 heteroatoms. The zero-order chi connectivity index (χ0) is 11.7. The Morgan fingerprint density at radius 1 is 1.00 bits per heavy atom. The van der Waals surface area contributed by atoms with Gasteiger partial charge in [-0.2, -0.15) is 5.10 Å². The molecular formula is C13H11N3S. The summed E-state index contributed by atoms with van der Waals surface area (Å²) in [7, 11) is 0. The Bertz CT molecular complexity index is 646. The number of hydrogen-bond acceptors (Lipinski definition) is 3. The second-order valence-electron chi connectivity index (χ2n) is 3.73. The summed E-state index contributed by atoms with van der Waals surface area (Å²) in [6, 6.07) is 16.4. The lowest BCUT2D eigenvalue weighted by atomic mass is 10.2. The molecule has 2 aromatic carbocycles. The molecule has 3 rings (SSSR count). The summed E-state index contributed by atoms with van der Waals surface area (Å²) in [5.41, 5.74) is 6.76. The molecule has 84 valence electrons. The van der Waals surface area contributed by atoms with Crippen LogP contribution in [-0.2, 0) is 0 Å². The fraction of sp³-hybridized carbons (Fsp3) is 0. The summed E-state index contributed by atoms with van der Waals surface area (Å²) in [4.78, 5) is 2.38. The number of benzene rings is 2. The van der Waals surface area contributed by atoms with Gasteiger partial charge in [0.25, 0.3) is 0 Å². The van der Waals surface area contributed by atoms with Crippen LogP contribution < -0.4 is 5.73 Å². The summed E-state index contributed by atoms with van der Waals surface area (Å²) >= 11 is 1.72. The number of H-pyrrole nitrogens is 1. The molecule has 3 nitrogen and oxygen atoms in total. The van der Waals surface area contributed by atoms with E-state index in [1.54, 1.807) is 11.8 Å². The van der Waals surface area contributed by atoms with Gasteiger partial charge in [0.05, 0.1) is 5.52 Å². The highest BCUT2D eigenvalue weighted by molar-refractivity contribution is 7.99. The van der Waals surface area contributed by atoms with Gasteiger partial charge in [0.2, 0.25) is 0 Å². The van der Waals surface area contributed by atoms with E-state index >= 15 is 0 Å². The lowest BCUT2D eigenvalue weighted by Crippen LogP contribution is -1.83. The minimum atomic E-state index is 0.551. The Morgan fingerprint density at radius 3 is 2.65 bits per heavy atom. The molecule has 0 amide bonds. The van der Waals surface area contributed by atoms with Crippen LogP contribution >= 0.6 is 11.8 Å². The van der Waals surface area contributed by atoms with Crippen LogP contribution in [0.5, 0.6) is 0 Å². The third-order valence-electron chi connectivity index (χ3n) is 2.54. The van der Waals surface area contributed by atoms with E-state index in [0.29, 0.717) is 5.82 Å². The van der Waals surface area contributed by atoms with Crippen molar-refractivity contribution >= 4 is 28.5 Å². The van der Waals surface area contributed by atoms with Crippen LogP contribution in [0.25, 0.3) is 10.9 Å². The van der Waals surface area contributed by atoms with Gasteiger partial charge in [-0.15, -0.1) is 0 Å². The van der Waals surface area contributed by atoms with E-state index in [4.69, 9.17) is 5.73 Å². The van der Waals surface area contributed by atoms with Gasteiger partial charge in [0, 0.05) is 15.2 Å². The Balaban J connectivity index is 1.98. The van der Waals surface area contributed by atoms with Gasteiger partial charge in [-0.3, -0.25) is 5.10 Å². The normalized spacial score (nSPS) is 10.8. The Hall–Kier alpha value is -1.94. The molecule has 0 fully saturated rings. The molecular weight excluding hydrogens is 230 g/mol. The standard InChI is InChI=1S/C13H11N3S/c14-13-11-8-10(6-7-12(11)15-16-13)17-9-4-2-1-3-5-9/h1-8H,(H3,14,15,16). The van der Waals surface area contributed by atoms with Crippen LogP contribution in [0, 0.1) is 0 Å². The van der Waals surface area contributed by atoms with E-state index in [1.807, 2.05) is 24.3 Å². The average Bonchev–Trinajstić information content (AvgIpc) is 2.73. The predicted molar refractivity (Wildman–Crippen MR) is 71.1 cm³/mol. The lowest BCUT2D eigenvalue weighted by Gasteiger charge is -2.01. The van der Waals surface area contributed by atoms with Crippen molar-refractivity contribution in [1.82, 2.24) is 10.2 Å². The van der Waals surface area contributed by atoms with E-state index in [2.05, 4.69) is 34.5 Å². The summed E-state index contributed by atoms with van der Waals surface area (Å²) in [6.45, 7) is 0. The Kier molecular flexibility index (Phi) is 2.49. The molecule has 3 aromatic rings. The zero-order valence-electron chi connectivity index (χ0n) is 9.05. The number of fused-ring (bicyclic) bond motifs is 1. The Morgan fingerprint density at radius 2 is 1.82 bits per heavy atom. The van der Waals surface area contributed by atoms with Gasteiger partial charge in [-0.25, -0.2) is 0 Å². The maximum atomic E-state index is 5.79. The van der Waals surface area contributed by atoms with Gasteiger partial charge in [-0.1, -0.05) is 30.0 Å². The second kappa shape index (κ2) is 4.14. The summed E-state index contributed by atoms with van der Waals surface area (Å²) in [5, 5.41) is 7.86. The number of nitrogens with one attached hydrogen (secondary N) is 1. The van der Waals surface area contributed by atoms with Crippen LogP contribution in [0.4, 0.5) is 5.82 Å². The van der Waals surface area contributed by atoms with E-state index in [0.717, 1.165) is 15.8 Å². The number of nitrogens with two attached hydrogens (primary N) is 1. The molecule has 1 aromatic heterocycles. The summed E-state index contributed by atoms with van der Waals surface area (Å²) in [5.74, 6) is 0.551. The number of aromatic amines is 1. The number of rotatable bonds is 2. The number of nitrogen functional groups attached to an aromatic ring is 1. The molecule has 0 radical (unpaired) electrons. The maximum Gasteiger partial charge on any atom is 0.153 e. The van der Waals surface area contributed by atoms with Crippen molar-refractivity contribution in [3.63, 3.8) is 0 Å². The Labute approximate surface area is 103 Å². The van der Waals surface area contributed by atoms with Gasteiger partial charge in [0.15, 0.2) is 5.82 Å². The molecule has 0 aliphatic heterocycles. The minimum absolute atomic E-state index is 0.551. The first-order valence-electron chi connectivity index (χ1n) is 5.29. The molecule has 0 aliphatic rings. The van der Waals surface area contributed by atoms with Crippen LogP contribution in [0.15, 0.2) is 58.3 Å². The van der Waals surface area contributed by atoms with Crippen molar-refractivity contribution in [1.29, 1.82) is 0 Å². The zero-order valence-corrected chi connectivity index (χ0v) is 9.87. The quantitative estimate of drug-likeness (QED) is 0.723. The minimum Gasteiger partial charge on any atom is -0.382 e. The maximum absolute atomic E-state index is 5.79. The number of nitrogens with zero attached hydrogens (tertiary/aromatic N) is 1. The second-order valence-corrected chi connectivity index (χ2v) is 4.88.